The summed E-state index contributed by atoms with van der Waals surface area (Å²) in [4.78, 5) is 2.33. The maximum absolute atomic E-state index is 13.2. The molecule has 0 saturated carbocycles. The Morgan fingerprint density at radius 3 is 2.53 bits per heavy atom. The summed E-state index contributed by atoms with van der Waals surface area (Å²) in [6, 6.07) is 4.97. The summed E-state index contributed by atoms with van der Waals surface area (Å²) in [5, 5.41) is 0.163. The van der Waals surface area contributed by atoms with Crippen molar-refractivity contribution >= 4 is 11.6 Å². The summed E-state index contributed by atoms with van der Waals surface area (Å²) >= 11 is 5.86. The lowest BCUT2D eigenvalue weighted by Gasteiger charge is -2.32. The Morgan fingerprint density at radius 2 is 2.05 bits per heavy atom. The molecule has 0 aliphatic rings. The molecule has 108 valence electrons. The normalized spacial score (nSPS) is 14.7. The minimum absolute atomic E-state index is 0.0945. The number of nitrogens with zero attached hydrogens (tertiary/aromatic N) is 1. The van der Waals surface area contributed by atoms with Gasteiger partial charge in [-0.25, -0.2) is 4.39 Å². The van der Waals surface area contributed by atoms with E-state index in [1.807, 2.05) is 0 Å². The molecule has 2 nitrogen and oxygen atoms in total. The van der Waals surface area contributed by atoms with E-state index in [1.54, 1.807) is 12.1 Å². The van der Waals surface area contributed by atoms with E-state index in [-0.39, 0.29) is 16.9 Å². The summed E-state index contributed by atoms with van der Waals surface area (Å²) in [7, 11) is 0. The van der Waals surface area contributed by atoms with Crippen molar-refractivity contribution in [3.63, 3.8) is 0 Å². The first-order valence-electron chi connectivity index (χ1n) is 6.92. The highest BCUT2D eigenvalue weighted by Gasteiger charge is 2.20. The third-order valence-electron chi connectivity index (χ3n) is 3.64. The number of likely N-dealkylation sites (N-methyl/N-ethyl adjacent to an activating group) is 1. The van der Waals surface area contributed by atoms with Gasteiger partial charge in [0.15, 0.2) is 0 Å². The molecule has 0 aliphatic heterocycles. The molecule has 1 aromatic carbocycles. The summed E-state index contributed by atoms with van der Waals surface area (Å²) in [6.07, 6.45) is 1.14. The van der Waals surface area contributed by atoms with Gasteiger partial charge in [0.2, 0.25) is 0 Å². The molecular weight excluding hydrogens is 263 g/mol. The lowest BCUT2D eigenvalue weighted by atomic mass is 10.0. The summed E-state index contributed by atoms with van der Waals surface area (Å²) in [5.74, 6) is 0.232. The van der Waals surface area contributed by atoms with E-state index >= 15 is 0 Å². The highest BCUT2D eigenvalue weighted by molar-refractivity contribution is 6.30. The van der Waals surface area contributed by atoms with Gasteiger partial charge in [0, 0.05) is 19.1 Å². The molecule has 2 atom stereocenters. The van der Waals surface area contributed by atoms with Crippen molar-refractivity contribution in [1.82, 2.24) is 4.90 Å². The van der Waals surface area contributed by atoms with Crippen LogP contribution in [0.4, 0.5) is 4.39 Å². The zero-order valence-electron chi connectivity index (χ0n) is 12.0. The average molecular weight is 287 g/mol. The maximum atomic E-state index is 13.2. The molecule has 4 heteroatoms. The van der Waals surface area contributed by atoms with Crippen LogP contribution in [0, 0.1) is 11.7 Å². The minimum atomic E-state index is -0.383. The summed E-state index contributed by atoms with van der Waals surface area (Å²) < 4.78 is 13.2. The first kappa shape index (κ1) is 16.4. The second-order valence-corrected chi connectivity index (χ2v) is 5.43. The molecule has 0 aromatic heterocycles. The van der Waals surface area contributed by atoms with Crippen LogP contribution in [0.15, 0.2) is 18.2 Å². The fourth-order valence-electron chi connectivity index (χ4n) is 2.22. The highest BCUT2D eigenvalue weighted by atomic mass is 35.5. The van der Waals surface area contributed by atoms with Crippen molar-refractivity contribution in [3.8, 4) is 0 Å². The predicted octanol–water partition coefficient (Wildman–Crippen LogP) is 3.85. The van der Waals surface area contributed by atoms with Crippen molar-refractivity contribution in [1.29, 1.82) is 0 Å². The number of rotatable bonds is 7. The molecule has 0 saturated heterocycles. The maximum Gasteiger partial charge on any atom is 0.141 e. The number of benzene rings is 1. The smallest absolute Gasteiger partial charge is 0.141 e. The fourth-order valence-corrected chi connectivity index (χ4v) is 2.41. The van der Waals surface area contributed by atoms with Gasteiger partial charge in [0.25, 0.3) is 0 Å². The van der Waals surface area contributed by atoms with Crippen molar-refractivity contribution in [2.45, 2.75) is 33.2 Å². The molecule has 0 amide bonds. The number of nitrogens with two attached hydrogens (primary N) is 1. The molecule has 19 heavy (non-hydrogen) atoms. The van der Waals surface area contributed by atoms with Crippen LogP contribution in [0.3, 0.4) is 0 Å². The Labute approximate surface area is 120 Å². The predicted molar refractivity (Wildman–Crippen MR) is 79.9 cm³/mol. The van der Waals surface area contributed by atoms with E-state index in [9.17, 15) is 4.39 Å². The first-order chi connectivity index (χ1) is 9.03. The topological polar surface area (TPSA) is 29.3 Å². The third-order valence-corrected chi connectivity index (χ3v) is 3.93. The summed E-state index contributed by atoms with van der Waals surface area (Å²) in [5.41, 5.74) is 6.89. The molecule has 0 bridgehead atoms. The molecule has 0 radical (unpaired) electrons. The minimum Gasteiger partial charge on any atom is -0.329 e. The van der Waals surface area contributed by atoms with Gasteiger partial charge in [-0.15, -0.1) is 0 Å². The molecule has 2 unspecified atom stereocenters. The van der Waals surface area contributed by atoms with Crippen LogP contribution < -0.4 is 5.73 Å². The van der Waals surface area contributed by atoms with Crippen LogP contribution in [0.25, 0.3) is 0 Å². The van der Waals surface area contributed by atoms with Crippen molar-refractivity contribution < 1.29 is 4.39 Å². The number of halogens is 2. The van der Waals surface area contributed by atoms with E-state index < -0.39 is 0 Å². The molecule has 0 heterocycles. The van der Waals surface area contributed by atoms with E-state index in [0.717, 1.165) is 25.1 Å². The van der Waals surface area contributed by atoms with Crippen LogP contribution >= 0.6 is 11.6 Å². The standard InChI is InChI=1S/C15H24ClFN2/c1-4-11(3)10-19(5-2)15(9-18)12-6-7-14(17)13(16)8-12/h6-8,11,15H,4-5,9-10,18H2,1-3H3. The van der Waals surface area contributed by atoms with E-state index in [4.69, 9.17) is 17.3 Å². The van der Waals surface area contributed by atoms with Gasteiger partial charge in [-0.2, -0.15) is 0 Å². The fraction of sp³-hybridized carbons (Fsp3) is 0.600. The largest absolute Gasteiger partial charge is 0.329 e. The Hall–Kier alpha value is -0.640. The van der Waals surface area contributed by atoms with Gasteiger partial charge in [-0.05, 0) is 30.2 Å². The number of hydrogen-bond donors (Lipinski definition) is 1. The molecule has 2 N–H and O–H groups in total. The molecule has 0 fully saturated rings. The van der Waals surface area contributed by atoms with E-state index in [2.05, 4.69) is 25.7 Å². The first-order valence-corrected chi connectivity index (χ1v) is 7.30. The Kier molecular flexibility index (Phi) is 6.76. The Morgan fingerprint density at radius 1 is 1.37 bits per heavy atom. The van der Waals surface area contributed by atoms with E-state index in [0.29, 0.717) is 12.5 Å². The van der Waals surface area contributed by atoms with Gasteiger partial charge in [0.1, 0.15) is 5.82 Å². The third kappa shape index (κ3) is 4.44. The van der Waals surface area contributed by atoms with Crippen LogP contribution in [0.5, 0.6) is 0 Å². The second-order valence-electron chi connectivity index (χ2n) is 5.03. The number of hydrogen-bond acceptors (Lipinski definition) is 2. The molecule has 1 aromatic rings. The van der Waals surface area contributed by atoms with Crippen LogP contribution in [0.1, 0.15) is 38.8 Å². The zero-order valence-corrected chi connectivity index (χ0v) is 12.8. The monoisotopic (exact) mass is 286 g/mol. The summed E-state index contributed by atoms with van der Waals surface area (Å²) in [6.45, 7) is 8.95. The van der Waals surface area contributed by atoms with Gasteiger partial charge in [-0.1, -0.05) is 44.9 Å². The molecule has 0 aliphatic carbocycles. The van der Waals surface area contributed by atoms with Crippen molar-refractivity contribution in [3.05, 3.63) is 34.6 Å². The average Bonchev–Trinajstić information content (AvgIpc) is 2.41. The van der Waals surface area contributed by atoms with E-state index in [1.165, 1.54) is 6.07 Å². The lowest BCUT2D eigenvalue weighted by molar-refractivity contribution is 0.182. The zero-order chi connectivity index (χ0) is 14.4. The van der Waals surface area contributed by atoms with Gasteiger partial charge in [0.05, 0.1) is 5.02 Å². The van der Waals surface area contributed by atoms with Gasteiger partial charge in [-0.3, -0.25) is 4.90 Å². The quantitative estimate of drug-likeness (QED) is 0.825. The van der Waals surface area contributed by atoms with Gasteiger partial charge >= 0.3 is 0 Å². The molecule has 0 spiro atoms. The van der Waals surface area contributed by atoms with Crippen LogP contribution in [-0.2, 0) is 0 Å². The lowest BCUT2D eigenvalue weighted by Crippen LogP contribution is -2.36. The Balaban J connectivity index is 2.93. The molecule has 1 rings (SSSR count). The van der Waals surface area contributed by atoms with Crippen molar-refractivity contribution in [2.24, 2.45) is 11.7 Å². The second kappa shape index (κ2) is 7.83. The van der Waals surface area contributed by atoms with Gasteiger partial charge < -0.3 is 5.73 Å². The van der Waals surface area contributed by atoms with Crippen LogP contribution in [-0.4, -0.2) is 24.5 Å². The van der Waals surface area contributed by atoms with Crippen LogP contribution in [0.2, 0.25) is 5.02 Å². The van der Waals surface area contributed by atoms with Crippen molar-refractivity contribution in [2.75, 3.05) is 19.6 Å². The highest BCUT2D eigenvalue weighted by Crippen LogP contribution is 2.25. The Bertz CT molecular complexity index is 398. The molecular formula is C15H24ClFN2. The SMILES string of the molecule is CCC(C)CN(CC)C(CN)c1ccc(F)c(Cl)c1.